The van der Waals surface area contributed by atoms with E-state index in [0.717, 1.165) is 41.8 Å². The number of piperidine rings is 1. The van der Waals surface area contributed by atoms with Crippen LogP contribution in [0.5, 0.6) is 5.75 Å². The molecule has 1 aliphatic rings. The van der Waals surface area contributed by atoms with E-state index in [1.165, 1.54) is 0 Å². The minimum absolute atomic E-state index is 0.137. The second-order valence-electron chi connectivity index (χ2n) is 7.10. The smallest absolute Gasteiger partial charge is 0.322 e. The molecule has 0 bridgehead atoms. The van der Waals surface area contributed by atoms with E-state index < -0.39 is 0 Å². The fourth-order valence-electron chi connectivity index (χ4n) is 3.60. The van der Waals surface area contributed by atoms with E-state index in [0.29, 0.717) is 18.2 Å². The number of hydrogen-bond donors (Lipinski definition) is 2. The topological polar surface area (TPSA) is 96.0 Å². The van der Waals surface area contributed by atoms with Gasteiger partial charge in [-0.3, -0.25) is 10.1 Å². The number of methoxy groups -OCH3 is 1. The first-order valence-corrected chi connectivity index (χ1v) is 9.70. The number of amides is 2. The number of urea groups is 1. The molecule has 1 aliphatic heterocycles. The zero-order chi connectivity index (χ0) is 20.2. The summed E-state index contributed by atoms with van der Waals surface area (Å²) in [7, 11) is 1.63. The molecule has 1 fully saturated rings. The van der Waals surface area contributed by atoms with E-state index in [9.17, 15) is 4.79 Å². The molecule has 0 saturated carbocycles. The number of nitrogens with one attached hydrogen (secondary N) is 2. The van der Waals surface area contributed by atoms with Gasteiger partial charge in [-0.2, -0.15) is 5.10 Å². The number of aromatic amines is 1. The molecule has 3 aromatic rings. The van der Waals surface area contributed by atoms with Crippen LogP contribution >= 0.6 is 0 Å². The van der Waals surface area contributed by atoms with E-state index in [-0.39, 0.29) is 12.1 Å². The Morgan fingerprint density at radius 1 is 1.31 bits per heavy atom. The van der Waals surface area contributed by atoms with Crippen molar-refractivity contribution in [2.75, 3.05) is 19.0 Å². The number of nitrogens with zero attached hydrogens (tertiary/aromatic N) is 4. The molecule has 29 heavy (non-hydrogen) atoms. The van der Waals surface area contributed by atoms with Crippen molar-refractivity contribution in [1.29, 1.82) is 0 Å². The van der Waals surface area contributed by atoms with E-state index in [1.807, 2.05) is 42.2 Å². The standard InChI is InChI=1S/C21H24N6O2/c1-14-12-16(29-2)8-9-17(14)23-21(28)27-11-4-3-7-18(27)20-24-19(25-26-20)15-6-5-10-22-13-15/h5-6,8-10,12-13,18H,3-4,7,11H2,1-2H3,(H,23,28)(H,24,25,26). The van der Waals surface area contributed by atoms with Crippen molar-refractivity contribution >= 4 is 11.7 Å². The number of hydrogen-bond acceptors (Lipinski definition) is 5. The van der Waals surface area contributed by atoms with Crippen molar-refractivity contribution < 1.29 is 9.53 Å². The molecular weight excluding hydrogens is 368 g/mol. The molecular formula is C21H24N6O2. The molecule has 1 unspecified atom stereocenters. The fraction of sp³-hybridized carbons (Fsp3) is 0.333. The van der Waals surface area contributed by atoms with Gasteiger partial charge in [0.1, 0.15) is 11.6 Å². The molecule has 8 nitrogen and oxygen atoms in total. The Labute approximate surface area is 169 Å². The summed E-state index contributed by atoms with van der Waals surface area (Å²) in [5, 5.41) is 10.4. The minimum atomic E-state index is -0.139. The van der Waals surface area contributed by atoms with Crippen molar-refractivity contribution in [2.45, 2.75) is 32.2 Å². The predicted octanol–water partition coefficient (Wildman–Crippen LogP) is 3.94. The van der Waals surface area contributed by atoms with Crippen LogP contribution in [-0.2, 0) is 0 Å². The van der Waals surface area contributed by atoms with Gasteiger partial charge in [0.25, 0.3) is 0 Å². The Kier molecular flexibility index (Phi) is 5.41. The highest BCUT2D eigenvalue weighted by Crippen LogP contribution is 2.31. The van der Waals surface area contributed by atoms with Crippen LogP contribution in [-0.4, -0.2) is 44.8 Å². The van der Waals surface area contributed by atoms with Crippen LogP contribution in [0.1, 0.15) is 36.7 Å². The van der Waals surface area contributed by atoms with Gasteiger partial charge in [0.2, 0.25) is 0 Å². The number of aromatic nitrogens is 4. The molecule has 0 aliphatic carbocycles. The summed E-state index contributed by atoms with van der Waals surface area (Å²) in [6.07, 6.45) is 6.29. The van der Waals surface area contributed by atoms with Crippen LogP contribution < -0.4 is 10.1 Å². The maximum Gasteiger partial charge on any atom is 0.322 e. The lowest BCUT2D eigenvalue weighted by atomic mass is 10.0. The number of carbonyl (C=O) groups is 1. The molecule has 4 rings (SSSR count). The van der Waals surface area contributed by atoms with Crippen LogP contribution in [0.25, 0.3) is 11.4 Å². The van der Waals surface area contributed by atoms with Crippen molar-refractivity contribution in [3.05, 3.63) is 54.1 Å². The van der Waals surface area contributed by atoms with Gasteiger partial charge in [-0.05, 0) is 62.1 Å². The number of ether oxygens (including phenoxy) is 1. The van der Waals surface area contributed by atoms with Gasteiger partial charge in [0, 0.05) is 30.2 Å². The van der Waals surface area contributed by atoms with Crippen LogP contribution in [0.4, 0.5) is 10.5 Å². The number of H-pyrrole nitrogens is 1. The van der Waals surface area contributed by atoms with E-state index in [2.05, 4.69) is 25.5 Å². The fourth-order valence-corrected chi connectivity index (χ4v) is 3.60. The van der Waals surface area contributed by atoms with Crippen molar-refractivity contribution in [2.24, 2.45) is 0 Å². The SMILES string of the molecule is COc1ccc(NC(=O)N2CCCCC2c2nc(-c3cccnc3)n[nH]2)c(C)c1. The number of pyridine rings is 1. The normalized spacial score (nSPS) is 16.5. The number of anilines is 1. The number of rotatable bonds is 4. The highest BCUT2D eigenvalue weighted by Gasteiger charge is 2.31. The number of aryl methyl sites for hydroxylation is 1. The Bertz CT molecular complexity index is 988. The third-order valence-electron chi connectivity index (χ3n) is 5.18. The minimum Gasteiger partial charge on any atom is -0.497 e. The van der Waals surface area contributed by atoms with Crippen LogP contribution in [0.2, 0.25) is 0 Å². The zero-order valence-electron chi connectivity index (χ0n) is 16.6. The van der Waals surface area contributed by atoms with Gasteiger partial charge < -0.3 is 15.0 Å². The predicted molar refractivity (Wildman–Crippen MR) is 110 cm³/mol. The molecule has 1 aromatic carbocycles. The highest BCUT2D eigenvalue weighted by atomic mass is 16.5. The molecule has 2 N–H and O–H groups in total. The Hall–Kier alpha value is -3.42. The second-order valence-corrected chi connectivity index (χ2v) is 7.10. The summed E-state index contributed by atoms with van der Waals surface area (Å²) in [6, 6.07) is 9.09. The molecule has 150 valence electrons. The quantitative estimate of drug-likeness (QED) is 0.701. The van der Waals surface area contributed by atoms with Gasteiger partial charge in [-0.25, -0.2) is 9.78 Å². The highest BCUT2D eigenvalue weighted by molar-refractivity contribution is 5.90. The monoisotopic (exact) mass is 392 g/mol. The molecule has 1 saturated heterocycles. The first-order chi connectivity index (χ1) is 14.2. The van der Waals surface area contributed by atoms with Gasteiger partial charge in [-0.15, -0.1) is 0 Å². The van der Waals surface area contributed by atoms with Crippen molar-refractivity contribution in [3.8, 4) is 17.1 Å². The Morgan fingerprint density at radius 2 is 2.21 bits per heavy atom. The third kappa shape index (κ3) is 4.06. The third-order valence-corrected chi connectivity index (χ3v) is 5.18. The van der Waals surface area contributed by atoms with Crippen LogP contribution in [0.3, 0.4) is 0 Å². The average Bonchev–Trinajstić information content (AvgIpc) is 3.26. The first kappa shape index (κ1) is 18.9. The lowest BCUT2D eigenvalue weighted by molar-refractivity contribution is 0.159. The summed E-state index contributed by atoms with van der Waals surface area (Å²) in [5.74, 6) is 2.05. The maximum atomic E-state index is 13.0. The molecule has 2 aromatic heterocycles. The van der Waals surface area contributed by atoms with Crippen molar-refractivity contribution in [1.82, 2.24) is 25.1 Å². The summed E-state index contributed by atoms with van der Waals surface area (Å²) in [5.41, 5.74) is 2.56. The summed E-state index contributed by atoms with van der Waals surface area (Å²) in [4.78, 5) is 23.6. The Morgan fingerprint density at radius 3 is 2.97 bits per heavy atom. The lowest BCUT2D eigenvalue weighted by Crippen LogP contribution is -2.41. The molecule has 1 atom stereocenters. The van der Waals surface area contributed by atoms with Crippen LogP contribution in [0, 0.1) is 6.92 Å². The number of carbonyl (C=O) groups excluding carboxylic acids is 1. The first-order valence-electron chi connectivity index (χ1n) is 9.70. The van der Waals surface area contributed by atoms with Gasteiger partial charge >= 0.3 is 6.03 Å². The van der Waals surface area contributed by atoms with E-state index in [1.54, 1.807) is 19.5 Å². The maximum absolute atomic E-state index is 13.0. The molecule has 0 spiro atoms. The Balaban J connectivity index is 1.53. The number of benzene rings is 1. The molecule has 0 radical (unpaired) electrons. The zero-order valence-corrected chi connectivity index (χ0v) is 16.6. The summed E-state index contributed by atoms with van der Waals surface area (Å²) in [6.45, 7) is 2.62. The van der Waals surface area contributed by atoms with Crippen LogP contribution in [0.15, 0.2) is 42.7 Å². The largest absolute Gasteiger partial charge is 0.497 e. The van der Waals surface area contributed by atoms with Crippen molar-refractivity contribution in [3.63, 3.8) is 0 Å². The molecule has 2 amide bonds. The van der Waals surface area contributed by atoms with E-state index in [4.69, 9.17) is 4.74 Å². The molecule has 8 heteroatoms. The second kappa shape index (κ2) is 8.30. The van der Waals surface area contributed by atoms with Gasteiger partial charge in [-0.1, -0.05) is 0 Å². The van der Waals surface area contributed by atoms with E-state index >= 15 is 0 Å². The number of likely N-dealkylation sites (tertiary alicyclic amines) is 1. The lowest BCUT2D eigenvalue weighted by Gasteiger charge is -2.34. The van der Waals surface area contributed by atoms with Gasteiger partial charge in [0.15, 0.2) is 5.82 Å². The average molecular weight is 392 g/mol. The summed E-state index contributed by atoms with van der Waals surface area (Å²) >= 11 is 0. The van der Waals surface area contributed by atoms with Gasteiger partial charge in [0.05, 0.1) is 13.2 Å². The molecule has 3 heterocycles. The summed E-state index contributed by atoms with van der Waals surface area (Å²) < 4.78 is 5.24.